The molecule has 2 nitrogen and oxygen atoms in total. The standard InChI is InChI=1S/C17H21ClN2S/c1-12(2)17(21-15-10-9-14(18)11-20-15)16(19-3)13-7-5-4-6-8-13/h4-12,16-17,19H,1-3H3. The maximum Gasteiger partial charge on any atom is 0.0964 e. The summed E-state index contributed by atoms with van der Waals surface area (Å²) in [6, 6.07) is 14.7. The van der Waals surface area contributed by atoms with Gasteiger partial charge in [0.15, 0.2) is 0 Å². The lowest BCUT2D eigenvalue weighted by Crippen LogP contribution is -2.31. The van der Waals surface area contributed by atoms with Crippen molar-refractivity contribution in [2.75, 3.05) is 7.05 Å². The van der Waals surface area contributed by atoms with Crippen molar-refractivity contribution in [3.05, 3.63) is 59.2 Å². The molecule has 0 fully saturated rings. The lowest BCUT2D eigenvalue weighted by atomic mass is 9.96. The summed E-state index contributed by atoms with van der Waals surface area (Å²) in [5.74, 6) is 0.519. The number of benzene rings is 1. The molecule has 0 aliphatic heterocycles. The van der Waals surface area contributed by atoms with Gasteiger partial charge >= 0.3 is 0 Å². The molecule has 0 aliphatic rings. The largest absolute Gasteiger partial charge is 0.312 e. The van der Waals surface area contributed by atoms with E-state index in [0.29, 0.717) is 16.2 Å². The fraction of sp³-hybridized carbons (Fsp3) is 0.353. The predicted octanol–water partition coefficient (Wildman–Crippen LogP) is 4.81. The average Bonchev–Trinajstić information content (AvgIpc) is 2.50. The van der Waals surface area contributed by atoms with Gasteiger partial charge in [0.25, 0.3) is 0 Å². The minimum Gasteiger partial charge on any atom is -0.312 e. The molecule has 1 N–H and O–H groups in total. The second-order valence-corrected chi connectivity index (χ2v) is 6.95. The third kappa shape index (κ3) is 4.47. The molecule has 1 heterocycles. The minimum atomic E-state index is 0.286. The van der Waals surface area contributed by atoms with Crippen molar-refractivity contribution >= 4 is 23.4 Å². The molecule has 112 valence electrons. The molecule has 0 bridgehead atoms. The number of rotatable bonds is 6. The van der Waals surface area contributed by atoms with E-state index in [1.54, 1.807) is 18.0 Å². The summed E-state index contributed by atoms with van der Waals surface area (Å²) in [5, 5.41) is 5.53. The molecule has 21 heavy (non-hydrogen) atoms. The van der Waals surface area contributed by atoms with Gasteiger partial charge < -0.3 is 5.32 Å². The fourth-order valence-corrected chi connectivity index (χ4v) is 3.69. The first kappa shape index (κ1) is 16.3. The number of halogens is 1. The van der Waals surface area contributed by atoms with Gasteiger partial charge in [-0.1, -0.05) is 55.8 Å². The highest BCUT2D eigenvalue weighted by Gasteiger charge is 2.26. The average molecular weight is 321 g/mol. The van der Waals surface area contributed by atoms with E-state index in [1.807, 2.05) is 19.2 Å². The quantitative estimate of drug-likeness (QED) is 0.773. The molecule has 4 heteroatoms. The summed E-state index contributed by atoms with van der Waals surface area (Å²) in [7, 11) is 2.02. The van der Waals surface area contributed by atoms with E-state index in [2.05, 4.69) is 54.5 Å². The van der Waals surface area contributed by atoms with Crippen LogP contribution in [0.25, 0.3) is 0 Å². The normalized spacial score (nSPS) is 14.1. The number of nitrogens with zero attached hydrogens (tertiary/aromatic N) is 1. The summed E-state index contributed by atoms with van der Waals surface area (Å²) in [6.07, 6.45) is 1.71. The SMILES string of the molecule is CNC(c1ccccc1)C(Sc1ccc(Cl)cn1)C(C)C. The Balaban J connectivity index is 2.22. The Labute approximate surface area is 136 Å². The van der Waals surface area contributed by atoms with Crippen LogP contribution in [-0.2, 0) is 0 Å². The van der Waals surface area contributed by atoms with Crippen molar-refractivity contribution in [2.45, 2.75) is 30.2 Å². The summed E-state index contributed by atoms with van der Waals surface area (Å²) in [5.41, 5.74) is 1.31. The summed E-state index contributed by atoms with van der Waals surface area (Å²) in [4.78, 5) is 4.41. The zero-order valence-electron chi connectivity index (χ0n) is 12.6. The van der Waals surface area contributed by atoms with Gasteiger partial charge in [-0.3, -0.25) is 0 Å². The minimum absolute atomic E-state index is 0.286. The van der Waals surface area contributed by atoms with Gasteiger partial charge in [-0.15, -0.1) is 11.8 Å². The van der Waals surface area contributed by atoms with Crippen molar-refractivity contribution in [3.63, 3.8) is 0 Å². The van der Waals surface area contributed by atoms with Crippen molar-refractivity contribution in [1.29, 1.82) is 0 Å². The van der Waals surface area contributed by atoms with E-state index >= 15 is 0 Å². The number of hydrogen-bond donors (Lipinski definition) is 1. The number of thioether (sulfide) groups is 1. The predicted molar refractivity (Wildman–Crippen MR) is 92.0 cm³/mol. The molecule has 1 aromatic heterocycles. The van der Waals surface area contributed by atoms with Crippen LogP contribution in [0.1, 0.15) is 25.5 Å². The highest BCUT2D eigenvalue weighted by molar-refractivity contribution is 7.99. The van der Waals surface area contributed by atoms with Gasteiger partial charge in [-0.2, -0.15) is 0 Å². The van der Waals surface area contributed by atoms with Gasteiger partial charge in [-0.05, 0) is 30.7 Å². The van der Waals surface area contributed by atoms with Gasteiger partial charge in [0.1, 0.15) is 0 Å². The Kier molecular flexibility index (Phi) is 6.09. The molecule has 2 atom stereocenters. The van der Waals surface area contributed by atoms with Gasteiger partial charge in [0.05, 0.1) is 10.0 Å². The zero-order valence-corrected chi connectivity index (χ0v) is 14.2. The van der Waals surface area contributed by atoms with Crippen LogP contribution in [0.15, 0.2) is 53.7 Å². The van der Waals surface area contributed by atoms with Crippen LogP contribution in [0, 0.1) is 5.92 Å². The van der Waals surface area contributed by atoms with Crippen LogP contribution >= 0.6 is 23.4 Å². The molecule has 1 aromatic carbocycles. The third-order valence-corrected chi connectivity index (χ3v) is 5.21. The van der Waals surface area contributed by atoms with E-state index in [4.69, 9.17) is 11.6 Å². The van der Waals surface area contributed by atoms with Crippen molar-refractivity contribution in [2.24, 2.45) is 5.92 Å². The lowest BCUT2D eigenvalue weighted by Gasteiger charge is -2.29. The molecular weight excluding hydrogens is 300 g/mol. The smallest absolute Gasteiger partial charge is 0.0964 e. The Morgan fingerprint density at radius 2 is 1.81 bits per heavy atom. The van der Waals surface area contributed by atoms with E-state index in [-0.39, 0.29) is 6.04 Å². The van der Waals surface area contributed by atoms with Gasteiger partial charge in [0.2, 0.25) is 0 Å². The molecule has 2 rings (SSSR count). The Morgan fingerprint density at radius 3 is 2.33 bits per heavy atom. The summed E-state index contributed by atoms with van der Waals surface area (Å²) in [6.45, 7) is 4.50. The zero-order chi connectivity index (χ0) is 15.2. The summed E-state index contributed by atoms with van der Waals surface area (Å²) < 4.78 is 0. The molecule has 2 aromatic rings. The molecule has 0 radical (unpaired) electrons. The first-order valence-corrected chi connectivity index (χ1v) is 8.38. The first-order valence-electron chi connectivity index (χ1n) is 7.12. The second kappa shape index (κ2) is 7.83. The molecule has 0 amide bonds. The molecule has 0 saturated heterocycles. The Bertz CT molecular complexity index is 542. The van der Waals surface area contributed by atoms with Crippen molar-refractivity contribution in [3.8, 4) is 0 Å². The Hall–Kier alpha value is -1.03. The maximum absolute atomic E-state index is 5.91. The number of pyridine rings is 1. The van der Waals surface area contributed by atoms with Crippen molar-refractivity contribution in [1.82, 2.24) is 10.3 Å². The van der Waals surface area contributed by atoms with Crippen LogP contribution in [0.3, 0.4) is 0 Å². The monoisotopic (exact) mass is 320 g/mol. The molecule has 2 unspecified atom stereocenters. The van der Waals surface area contributed by atoms with Crippen LogP contribution in [0.5, 0.6) is 0 Å². The maximum atomic E-state index is 5.91. The van der Waals surface area contributed by atoms with Crippen LogP contribution in [0.4, 0.5) is 0 Å². The lowest BCUT2D eigenvalue weighted by molar-refractivity contribution is 0.472. The summed E-state index contributed by atoms with van der Waals surface area (Å²) >= 11 is 7.71. The van der Waals surface area contributed by atoms with E-state index in [1.165, 1.54) is 5.56 Å². The van der Waals surface area contributed by atoms with E-state index in [9.17, 15) is 0 Å². The molecular formula is C17H21ClN2S. The van der Waals surface area contributed by atoms with Crippen molar-refractivity contribution < 1.29 is 0 Å². The van der Waals surface area contributed by atoms with Gasteiger partial charge in [0, 0.05) is 17.5 Å². The first-order chi connectivity index (χ1) is 10.1. The third-order valence-electron chi connectivity index (χ3n) is 3.41. The van der Waals surface area contributed by atoms with Crippen LogP contribution in [0.2, 0.25) is 5.02 Å². The topological polar surface area (TPSA) is 24.9 Å². The number of hydrogen-bond acceptors (Lipinski definition) is 3. The fourth-order valence-electron chi connectivity index (χ4n) is 2.34. The highest BCUT2D eigenvalue weighted by atomic mass is 35.5. The molecule has 0 saturated carbocycles. The Morgan fingerprint density at radius 1 is 1.10 bits per heavy atom. The van der Waals surface area contributed by atoms with Gasteiger partial charge in [-0.25, -0.2) is 4.98 Å². The van der Waals surface area contributed by atoms with E-state index in [0.717, 1.165) is 5.03 Å². The number of aromatic nitrogens is 1. The molecule has 0 aliphatic carbocycles. The second-order valence-electron chi connectivity index (χ2n) is 5.32. The molecule has 0 spiro atoms. The van der Waals surface area contributed by atoms with Crippen LogP contribution < -0.4 is 5.32 Å². The van der Waals surface area contributed by atoms with E-state index < -0.39 is 0 Å². The van der Waals surface area contributed by atoms with Crippen LogP contribution in [-0.4, -0.2) is 17.3 Å². The number of nitrogens with one attached hydrogen (secondary N) is 1. The highest BCUT2D eigenvalue weighted by Crippen LogP contribution is 2.36.